The highest BCUT2D eigenvalue weighted by Gasteiger charge is 2.33. The average molecular weight is 602 g/mol. The summed E-state index contributed by atoms with van der Waals surface area (Å²) in [6.45, 7) is 8.06. The number of methoxy groups -OCH3 is 1. The molecule has 0 saturated carbocycles. The second-order valence-corrected chi connectivity index (χ2v) is 11.1. The molecule has 0 aliphatic rings. The van der Waals surface area contributed by atoms with Crippen LogP contribution in [0, 0.1) is 0 Å². The number of unbranched alkanes of at least 4 members (excludes halogenated alkanes) is 8. The number of ether oxygens (including phenoxy) is 4. The van der Waals surface area contributed by atoms with Crippen molar-refractivity contribution in [2.75, 3.05) is 26.9 Å². The number of alkyl carbamates (subject to hydrolysis) is 1. The van der Waals surface area contributed by atoms with E-state index >= 15 is 0 Å². The minimum absolute atomic E-state index is 0.231. The van der Waals surface area contributed by atoms with Crippen LogP contribution in [0.4, 0.5) is 4.79 Å². The van der Waals surface area contributed by atoms with Crippen molar-refractivity contribution in [3.63, 3.8) is 0 Å². The number of carbonyl (C=O) groups excluding carboxylic acids is 4. The van der Waals surface area contributed by atoms with Crippen LogP contribution in [0.2, 0.25) is 0 Å². The molecule has 11 heteroatoms. The predicted molar refractivity (Wildman–Crippen MR) is 163 cm³/mol. The Morgan fingerprint density at radius 3 is 1.81 bits per heavy atom. The third-order valence-electron chi connectivity index (χ3n) is 6.94. The van der Waals surface area contributed by atoms with Gasteiger partial charge in [-0.2, -0.15) is 0 Å². The van der Waals surface area contributed by atoms with Crippen LogP contribution in [0.3, 0.4) is 0 Å². The summed E-state index contributed by atoms with van der Waals surface area (Å²) in [5, 5.41) is 6.15. The highest BCUT2D eigenvalue weighted by atomic mass is 16.6. The maximum atomic E-state index is 13.2. The number of nitrogens with two attached hydrogens (primary N) is 1. The van der Waals surface area contributed by atoms with Crippen molar-refractivity contribution in [3.8, 4) is 0 Å². The molecular formula is C31H59N3O8. The van der Waals surface area contributed by atoms with Gasteiger partial charge in [0.15, 0.2) is 6.10 Å². The summed E-state index contributed by atoms with van der Waals surface area (Å²) >= 11 is 0. The van der Waals surface area contributed by atoms with Gasteiger partial charge in [-0.15, -0.1) is 0 Å². The van der Waals surface area contributed by atoms with Crippen LogP contribution in [0.25, 0.3) is 0 Å². The van der Waals surface area contributed by atoms with Gasteiger partial charge in [0.25, 0.3) is 0 Å². The molecule has 0 fully saturated rings. The van der Waals surface area contributed by atoms with E-state index in [4.69, 9.17) is 24.7 Å². The monoisotopic (exact) mass is 601 g/mol. The maximum absolute atomic E-state index is 13.2. The number of rotatable bonds is 26. The first kappa shape index (κ1) is 39.6. The molecule has 0 radical (unpaired) electrons. The molecular weight excluding hydrogens is 542 g/mol. The van der Waals surface area contributed by atoms with Crippen molar-refractivity contribution < 1.29 is 38.1 Å². The molecule has 2 atom stereocenters. The van der Waals surface area contributed by atoms with Crippen molar-refractivity contribution in [1.82, 2.24) is 10.6 Å². The number of hydrogen-bond donors (Lipinski definition) is 3. The van der Waals surface area contributed by atoms with Crippen LogP contribution in [-0.4, -0.2) is 68.7 Å². The smallest absolute Gasteiger partial charge is 0.409 e. The van der Waals surface area contributed by atoms with Crippen molar-refractivity contribution in [1.29, 1.82) is 0 Å². The third-order valence-corrected chi connectivity index (χ3v) is 6.94. The number of hydrogen-bond acceptors (Lipinski definition) is 10. The molecule has 0 saturated heterocycles. The fourth-order valence-corrected chi connectivity index (χ4v) is 4.42. The molecule has 4 N–H and O–H groups in total. The first-order valence-electron chi connectivity index (χ1n) is 16.0. The summed E-state index contributed by atoms with van der Waals surface area (Å²) < 4.78 is 21.3. The Hall–Kier alpha value is -2.40. The summed E-state index contributed by atoms with van der Waals surface area (Å²) in [4.78, 5) is 50.1. The predicted octanol–water partition coefficient (Wildman–Crippen LogP) is 5.28. The molecule has 0 aromatic carbocycles. The van der Waals surface area contributed by atoms with Crippen LogP contribution in [0.15, 0.2) is 0 Å². The van der Waals surface area contributed by atoms with Crippen LogP contribution in [-0.2, 0) is 33.3 Å². The first-order valence-corrected chi connectivity index (χ1v) is 16.0. The molecule has 0 aromatic rings. The molecule has 0 aromatic heterocycles. The Bertz CT molecular complexity index is 726. The standard InChI is InChI=1S/C31H59N3O8/c1-6-9-12-16-21-31(4,33-26(29(37)39-5)18-15-17-22-32)34-30(38)42-25(23-40-27(35)19-13-10-7-2)24-41-28(36)20-14-11-8-3/h25-26,33H,6-24,32H2,1-5H3,(H,34,38). The van der Waals surface area contributed by atoms with E-state index in [0.717, 1.165) is 64.2 Å². The summed E-state index contributed by atoms with van der Waals surface area (Å²) in [5.74, 6) is -1.22. The number of carbonyl (C=O) groups is 4. The van der Waals surface area contributed by atoms with Gasteiger partial charge in [0.2, 0.25) is 0 Å². The highest BCUT2D eigenvalue weighted by Crippen LogP contribution is 2.17. The Morgan fingerprint density at radius 1 is 0.762 bits per heavy atom. The topological polar surface area (TPSA) is 155 Å². The number of esters is 3. The SMILES string of the molecule is CCCCCCC(C)(NC(=O)OC(COC(=O)CCCCC)COC(=O)CCCCC)NC(CCCCN)C(=O)OC. The lowest BCUT2D eigenvalue weighted by atomic mass is 10.00. The van der Waals surface area contributed by atoms with Crippen molar-refractivity contribution in [2.24, 2.45) is 5.73 Å². The van der Waals surface area contributed by atoms with Crippen molar-refractivity contribution in [3.05, 3.63) is 0 Å². The Balaban J connectivity index is 5.53. The molecule has 1 amide bonds. The second-order valence-electron chi connectivity index (χ2n) is 11.1. The molecule has 0 aliphatic heterocycles. The minimum Gasteiger partial charge on any atom is -0.468 e. The quantitative estimate of drug-likeness (QED) is 0.0516. The summed E-state index contributed by atoms with van der Waals surface area (Å²) in [6, 6.07) is -0.651. The van der Waals surface area contributed by atoms with Gasteiger partial charge in [-0.3, -0.25) is 19.7 Å². The third kappa shape index (κ3) is 20.5. The van der Waals surface area contributed by atoms with E-state index < -0.39 is 41.8 Å². The van der Waals surface area contributed by atoms with Gasteiger partial charge < -0.3 is 30.0 Å². The van der Waals surface area contributed by atoms with E-state index in [1.54, 1.807) is 6.92 Å². The van der Waals surface area contributed by atoms with E-state index in [0.29, 0.717) is 32.2 Å². The minimum atomic E-state index is -0.995. The highest BCUT2D eigenvalue weighted by molar-refractivity contribution is 5.76. The van der Waals surface area contributed by atoms with E-state index in [2.05, 4.69) is 17.6 Å². The van der Waals surface area contributed by atoms with Crippen LogP contribution in [0.1, 0.15) is 130 Å². The maximum Gasteiger partial charge on any atom is 0.409 e. The van der Waals surface area contributed by atoms with Gasteiger partial charge in [0.05, 0.1) is 12.8 Å². The Morgan fingerprint density at radius 2 is 1.31 bits per heavy atom. The van der Waals surface area contributed by atoms with Crippen molar-refractivity contribution in [2.45, 2.75) is 148 Å². The zero-order chi connectivity index (χ0) is 31.6. The van der Waals surface area contributed by atoms with Gasteiger partial charge in [0.1, 0.15) is 19.3 Å². The Labute approximate surface area is 253 Å². The van der Waals surface area contributed by atoms with E-state index in [1.807, 2.05) is 13.8 Å². The largest absolute Gasteiger partial charge is 0.468 e. The van der Waals surface area contributed by atoms with Gasteiger partial charge in [-0.1, -0.05) is 72.1 Å². The lowest BCUT2D eigenvalue weighted by Crippen LogP contribution is -2.61. The summed E-state index contributed by atoms with van der Waals surface area (Å²) in [7, 11) is 1.33. The van der Waals surface area contributed by atoms with Gasteiger partial charge in [0, 0.05) is 12.8 Å². The number of amides is 1. The second kappa shape index (κ2) is 25.1. The van der Waals surface area contributed by atoms with E-state index in [-0.39, 0.29) is 26.1 Å². The van der Waals surface area contributed by atoms with E-state index in [9.17, 15) is 19.2 Å². The van der Waals surface area contributed by atoms with Gasteiger partial charge in [-0.05, 0) is 52.0 Å². The first-order chi connectivity index (χ1) is 20.1. The number of nitrogens with one attached hydrogen (secondary N) is 2. The van der Waals surface area contributed by atoms with Gasteiger partial charge >= 0.3 is 24.0 Å². The van der Waals surface area contributed by atoms with Gasteiger partial charge in [-0.25, -0.2) is 4.79 Å². The van der Waals surface area contributed by atoms with Crippen molar-refractivity contribution >= 4 is 24.0 Å². The zero-order valence-electron chi connectivity index (χ0n) is 26.9. The lowest BCUT2D eigenvalue weighted by Gasteiger charge is -2.35. The van der Waals surface area contributed by atoms with Crippen LogP contribution < -0.4 is 16.4 Å². The summed E-state index contributed by atoms with van der Waals surface area (Å²) in [6.07, 6.45) is 10.3. The fourth-order valence-electron chi connectivity index (χ4n) is 4.42. The Kier molecular flexibility index (Phi) is 23.7. The fraction of sp³-hybridized carbons (Fsp3) is 0.871. The molecule has 2 unspecified atom stereocenters. The van der Waals surface area contributed by atoms with E-state index in [1.165, 1.54) is 7.11 Å². The molecule has 0 heterocycles. The lowest BCUT2D eigenvalue weighted by molar-refractivity contribution is -0.152. The zero-order valence-corrected chi connectivity index (χ0v) is 26.9. The molecule has 42 heavy (non-hydrogen) atoms. The molecule has 0 bridgehead atoms. The molecule has 246 valence electrons. The summed E-state index contributed by atoms with van der Waals surface area (Å²) in [5.41, 5.74) is 4.64. The molecule has 0 aliphatic carbocycles. The van der Waals surface area contributed by atoms with Crippen LogP contribution >= 0.6 is 0 Å². The van der Waals surface area contributed by atoms with Crippen LogP contribution in [0.5, 0.6) is 0 Å². The molecule has 0 spiro atoms. The normalized spacial score (nSPS) is 13.2. The molecule has 0 rings (SSSR count). The molecule has 11 nitrogen and oxygen atoms in total. The average Bonchev–Trinajstić information content (AvgIpc) is 2.96.